The standard InChI is InChI=1S/C23H31N5O3S/c29-23(25-18-21-10-7-11-24-22(21)26-12-5-2-6-13-26)27-14-16-28(17-15-27)32(30,31)19-20-8-3-1-4-9-20/h1,3-4,7-11H,2,5-6,12-19H2,(H,25,29). The van der Waals surface area contributed by atoms with Crippen LogP contribution in [0.4, 0.5) is 10.6 Å². The van der Waals surface area contributed by atoms with Crippen molar-refractivity contribution >= 4 is 21.9 Å². The van der Waals surface area contributed by atoms with Crippen LogP contribution in [0.1, 0.15) is 30.4 Å². The first-order chi connectivity index (χ1) is 15.5. The van der Waals surface area contributed by atoms with Gasteiger partial charge in [0.05, 0.1) is 5.75 Å². The molecule has 2 aromatic rings. The van der Waals surface area contributed by atoms with E-state index in [1.807, 2.05) is 42.5 Å². The van der Waals surface area contributed by atoms with Gasteiger partial charge in [-0.2, -0.15) is 4.31 Å². The number of hydrogen-bond acceptors (Lipinski definition) is 5. The molecule has 32 heavy (non-hydrogen) atoms. The Bertz CT molecular complexity index is 1000. The molecule has 0 atom stereocenters. The maximum Gasteiger partial charge on any atom is 0.317 e. The topological polar surface area (TPSA) is 85.8 Å². The molecule has 3 heterocycles. The van der Waals surface area contributed by atoms with Crippen molar-refractivity contribution in [2.24, 2.45) is 0 Å². The highest BCUT2D eigenvalue weighted by Crippen LogP contribution is 2.21. The third kappa shape index (κ3) is 5.58. The molecule has 0 aliphatic carbocycles. The second kappa shape index (κ2) is 10.3. The highest BCUT2D eigenvalue weighted by molar-refractivity contribution is 7.88. The maximum absolute atomic E-state index is 12.7. The first kappa shape index (κ1) is 22.5. The number of rotatable bonds is 6. The zero-order valence-corrected chi connectivity index (χ0v) is 19.1. The highest BCUT2D eigenvalue weighted by atomic mass is 32.2. The largest absolute Gasteiger partial charge is 0.356 e. The van der Waals surface area contributed by atoms with E-state index in [-0.39, 0.29) is 11.8 Å². The number of amides is 2. The fraction of sp³-hybridized carbons (Fsp3) is 0.478. The minimum absolute atomic E-state index is 0.0136. The maximum atomic E-state index is 12.7. The van der Waals surface area contributed by atoms with Crippen molar-refractivity contribution in [2.45, 2.75) is 31.6 Å². The molecule has 2 fully saturated rings. The molecule has 2 amide bonds. The second-order valence-electron chi connectivity index (χ2n) is 8.32. The van der Waals surface area contributed by atoms with Crippen LogP contribution in [0.15, 0.2) is 48.7 Å². The number of urea groups is 1. The van der Waals surface area contributed by atoms with Gasteiger partial charge in [0.25, 0.3) is 0 Å². The SMILES string of the molecule is O=C(NCc1cccnc1N1CCCCC1)N1CCN(S(=O)(=O)Cc2ccccc2)CC1. The molecule has 2 saturated heterocycles. The van der Waals surface area contributed by atoms with Crippen LogP contribution in [0, 0.1) is 0 Å². The average molecular weight is 458 g/mol. The summed E-state index contributed by atoms with van der Waals surface area (Å²) in [6, 6.07) is 12.9. The summed E-state index contributed by atoms with van der Waals surface area (Å²) in [5, 5.41) is 2.99. The van der Waals surface area contributed by atoms with E-state index in [1.165, 1.54) is 23.6 Å². The molecule has 0 bridgehead atoms. The fourth-order valence-corrected chi connectivity index (χ4v) is 5.80. The molecule has 1 N–H and O–H groups in total. The summed E-state index contributed by atoms with van der Waals surface area (Å²) < 4.78 is 26.9. The number of aromatic nitrogens is 1. The van der Waals surface area contributed by atoms with Crippen molar-refractivity contribution in [2.75, 3.05) is 44.2 Å². The third-order valence-electron chi connectivity index (χ3n) is 6.06. The van der Waals surface area contributed by atoms with Crippen LogP contribution >= 0.6 is 0 Å². The Labute approximate surface area is 190 Å². The Kier molecular flexibility index (Phi) is 7.26. The summed E-state index contributed by atoms with van der Waals surface area (Å²) in [6.45, 7) is 3.79. The van der Waals surface area contributed by atoms with Crippen LogP contribution in [-0.4, -0.2) is 67.9 Å². The normalized spacial score (nSPS) is 17.9. The molecule has 172 valence electrons. The zero-order valence-electron chi connectivity index (χ0n) is 18.3. The number of carbonyl (C=O) groups is 1. The number of carbonyl (C=O) groups excluding carboxylic acids is 1. The van der Waals surface area contributed by atoms with Crippen molar-refractivity contribution in [1.29, 1.82) is 0 Å². The van der Waals surface area contributed by atoms with E-state index < -0.39 is 10.0 Å². The first-order valence-electron chi connectivity index (χ1n) is 11.3. The number of anilines is 1. The molecule has 9 heteroatoms. The van der Waals surface area contributed by atoms with Gasteiger partial charge in [-0.05, 0) is 30.9 Å². The monoisotopic (exact) mass is 457 g/mol. The number of nitrogens with one attached hydrogen (secondary N) is 1. The molecule has 1 aromatic carbocycles. The lowest BCUT2D eigenvalue weighted by Crippen LogP contribution is -2.53. The summed E-state index contributed by atoms with van der Waals surface area (Å²) in [4.78, 5) is 21.3. The molecule has 2 aliphatic rings. The molecule has 0 saturated carbocycles. The van der Waals surface area contributed by atoms with E-state index in [2.05, 4.69) is 15.2 Å². The Morgan fingerprint density at radius 3 is 2.34 bits per heavy atom. The van der Waals surface area contributed by atoms with Gasteiger partial charge in [-0.15, -0.1) is 0 Å². The van der Waals surface area contributed by atoms with Crippen molar-refractivity contribution < 1.29 is 13.2 Å². The van der Waals surface area contributed by atoms with E-state index in [4.69, 9.17) is 0 Å². The van der Waals surface area contributed by atoms with Gasteiger partial charge in [0.1, 0.15) is 5.82 Å². The molecule has 0 unspecified atom stereocenters. The van der Waals surface area contributed by atoms with Crippen LogP contribution in [0.25, 0.3) is 0 Å². The highest BCUT2D eigenvalue weighted by Gasteiger charge is 2.29. The molecule has 1 aromatic heterocycles. The lowest BCUT2D eigenvalue weighted by molar-refractivity contribution is 0.172. The van der Waals surface area contributed by atoms with E-state index in [0.29, 0.717) is 32.7 Å². The lowest BCUT2D eigenvalue weighted by atomic mass is 10.1. The minimum atomic E-state index is -3.40. The summed E-state index contributed by atoms with van der Waals surface area (Å²) in [6.07, 6.45) is 5.38. The van der Waals surface area contributed by atoms with Crippen molar-refractivity contribution in [3.8, 4) is 0 Å². The van der Waals surface area contributed by atoms with Gasteiger partial charge in [-0.3, -0.25) is 0 Å². The number of benzene rings is 1. The van der Waals surface area contributed by atoms with Gasteiger partial charge in [0, 0.05) is 57.6 Å². The summed E-state index contributed by atoms with van der Waals surface area (Å²) in [7, 11) is -3.40. The van der Waals surface area contributed by atoms with Gasteiger partial charge < -0.3 is 15.1 Å². The van der Waals surface area contributed by atoms with Crippen LogP contribution < -0.4 is 10.2 Å². The Morgan fingerprint density at radius 1 is 0.906 bits per heavy atom. The Morgan fingerprint density at radius 2 is 1.62 bits per heavy atom. The summed E-state index contributed by atoms with van der Waals surface area (Å²) in [5.74, 6) is 0.935. The van der Waals surface area contributed by atoms with Gasteiger partial charge in [-0.1, -0.05) is 36.4 Å². The molecule has 0 radical (unpaired) electrons. The van der Waals surface area contributed by atoms with Gasteiger partial charge >= 0.3 is 6.03 Å². The summed E-state index contributed by atoms with van der Waals surface area (Å²) in [5.41, 5.74) is 1.78. The van der Waals surface area contributed by atoms with Crippen molar-refractivity contribution in [1.82, 2.24) is 19.5 Å². The van der Waals surface area contributed by atoms with Crippen LogP contribution in [-0.2, 0) is 22.3 Å². The first-order valence-corrected chi connectivity index (χ1v) is 12.9. The van der Waals surface area contributed by atoms with Crippen LogP contribution in [0.3, 0.4) is 0 Å². The van der Waals surface area contributed by atoms with E-state index in [9.17, 15) is 13.2 Å². The quantitative estimate of drug-likeness (QED) is 0.720. The molecular weight excluding hydrogens is 426 g/mol. The fourth-order valence-electron chi connectivity index (χ4n) is 4.29. The predicted octanol–water partition coefficient (Wildman–Crippen LogP) is 2.43. The van der Waals surface area contributed by atoms with Crippen LogP contribution in [0.5, 0.6) is 0 Å². The number of nitrogens with zero attached hydrogens (tertiary/aromatic N) is 4. The van der Waals surface area contributed by atoms with Crippen molar-refractivity contribution in [3.05, 3.63) is 59.8 Å². The minimum Gasteiger partial charge on any atom is -0.356 e. The molecule has 2 aliphatic heterocycles. The van der Waals surface area contributed by atoms with Crippen molar-refractivity contribution in [3.63, 3.8) is 0 Å². The van der Waals surface area contributed by atoms with E-state index in [1.54, 1.807) is 11.1 Å². The smallest absolute Gasteiger partial charge is 0.317 e. The molecule has 0 spiro atoms. The number of sulfonamides is 1. The molecule has 8 nitrogen and oxygen atoms in total. The summed E-state index contributed by atoms with van der Waals surface area (Å²) >= 11 is 0. The third-order valence-corrected chi connectivity index (χ3v) is 7.91. The van der Waals surface area contributed by atoms with Gasteiger partial charge in [0.2, 0.25) is 10.0 Å². The second-order valence-corrected chi connectivity index (χ2v) is 10.3. The van der Waals surface area contributed by atoms with Crippen LogP contribution in [0.2, 0.25) is 0 Å². The molecule has 4 rings (SSSR count). The van der Waals surface area contributed by atoms with Gasteiger partial charge in [0.15, 0.2) is 0 Å². The van der Waals surface area contributed by atoms with E-state index in [0.717, 1.165) is 30.0 Å². The van der Waals surface area contributed by atoms with Gasteiger partial charge in [-0.25, -0.2) is 18.2 Å². The lowest BCUT2D eigenvalue weighted by Gasteiger charge is -2.34. The Hall–Kier alpha value is -2.65. The number of piperidine rings is 1. The molecular formula is C23H31N5O3S. The Balaban J connectivity index is 1.29. The average Bonchev–Trinajstić information content (AvgIpc) is 2.84. The zero-order chi connectivity index (χ0) is 22.4. The predicted molar refractivity (Wildman–Crippen MR) is 125 cm³/mol. The number of hydrogen-bond donors (Lipinski definition) is 1. The number of piperazine rings is 1. The van der Waals surface area contributed by atoms with E-state index >= 15 is 0 Å². The number of pyridine rings is 1.